The molecule has 6 atom stereocenters. The van der Waals surface area contributed by atoms with Gasteiger partial charge in [-0.1, -0.05) is 44.4 Å². The van der Waals surface area contributed by atoms with Crippen LogP contribution in [0.5, 0.6) is 5.75 Å². The van der Waals surface area contributed by atoms with Crippen LogP contribution in [0.4, 0.5) is 10.2 Å². The number of nitrogens with zero attached hydrogens (tertiary/aromatic N) is 3. The van der Waals surface area contributed by atoms with Gasteiger partial charge in [0.05, 0.1) is 18.9 Å². The van der Waals surface area contributed by atoms with Crippen LogP contribution in [0.3, 0.4) is 0 Å². The Labute approximate surface area is 242 Å². The molecule has 42 heavy (non-hydrogen) atoms. The highest BCUT2D eigenvalue weighted by atomic mass is 31.2. The number of halogens is 1. The minimum Gasteiger partial charge on any atom is -0.465 e. The van der Waals surface area contributed by atoms with Gasteiger partial charge >= 0.3 is 13.7 Å². The Morgan fingerprint density at radius 3 is 2.71 bits per heavy atom. The van der Waals surface area contributed by atoms with Gasteiger partial charge in [-0.15, -0.1) is 0 Å². The molecule has 0 saturated carbocycles. The quantitative estimate of drug-likeness (QED) is 0.113. The molecule has 1 aliphatic heterocycles. The van der Waals surface area contributed by atoms with Crippen molar-refractivity contribution in [1.29, 1.82) is 0 Å². The first-order valence-corrected chi connectivity index (χ1v) is 15.3. The molecule has 3 aromatic rings. The summed E-state index contributed by atoms with van der Waals surface area (Å²) in [5, 5.41) is 28.5. The SMILES string of the molecule is CCCCCCOC(=O)[C@H](C)NP(=O)(OC[C@@]1(CF)O[C@@H](c2ccc3c(N)ncnn23)[C@H](O)[C@@H]1O)Oc1ccccc1. The van der Waals surface area contributed by atoms with E-state index in [0.717, 1.165) is 19.3 Å². The first kappa shape index (κ1) is 31.8. The number of fused-ring (bicyclic) bond motifs is 1. The number of para-hydroxylation sites is 1. The zero-order valence-corrected chi connectivity index (χ0v) is 24.4. The van der Waals surface area contributed by atoms with E-state index < -0.39 is 57.0 Å². The predicted octanol–water partition coefficient (Wildman–Crippen LogP) is 3.12. The third-order valence-electron chi connectivity index (χ3n) is 6.96. The van der Waals surface area contributed by atoms with Crippen molar-refractivity contribution in [1.82, 2.24) is 19.7 Å². The van der Waals surface area contributed by atoms with Gasteiger partial charge in [0.25, 0.3) is 0 Å². The molecule has 2 aromatic heterocycles. The highest BCUT2D eigenvalue weighted by Crippen LogP contribution is 2.48. The van der Waals surface area contributed by atoms with Gasteiger partial charge in [-0.3, -0.25) is 9.32 Å². The van der Waals surface area contributed by atoms with Crippen molar-refractivity contribution >= 4 is 25.1 Å². The van der Waals surface area contributed by atoms with Crippen molar-refractivity contribution in [2.45, 2.75) is 69.5 Å². The Balaban J connectivity index is 1.51. The van der Waals surface area contributed by atoms with Gasteiger partial charge in [0.15, 0.2) is 5.82 Å². The standard InChI is InChI=1S/C27H37FN5O8P/c1-3-4-5-9-14-38-26(36)18(2)32-42(37,41-19-10-7-6-8-11-19)39-16-27(15-28)24(35)22(34)23(40-27)20-12-13-21-25(29)30-17-31-33(20)21/h6-8,10-13,17-18,22-24,34-35H,3-5,9,14-16H2,1-2H3,(H,32,37)(H2,29,30,31)/t18-,22-,23-,24-,27+,42?/m0/s1. The molecule has 4 rings (SSSR count). The zero-order chi connectivity index (χ0) is 30.3. The van der Waals surface area contributed by atoms with Gasteiger partial charge in [0.2, 0.25) is 0 Å². The number of nitrogen functional groups attached to an aromatic ring is 1. The average molecular weight is 610 g/mol. The summed E-state index contributed by atoms with van der Waals surface area (Å²) in [5.74, 6) is -0.366. The summed E-state index contributed by atoms with van der Waals surface area (Å²) >= 11 is 0. The van der Waals surface area contributed by atoms with E-state index in [2.05, 4.69) is 22.1 Å². The van der Waals surface area contributed by atoms with Crippen LogP contribution in [0.2, 0.25) is 0 Å². The first-order valence-electron chi connectivity index (χ1n) is 13.7. The lowest BCUT2D eigenvalue weighted by molar-refractivity contribution is -0.145. The highest BCUT2D eigenvalue weighted by Gasteiger charge is 2.57. The largest absolute Gasteiger partial charge is 0.465 e. The molecule has 0 aliphatic carbocycles. The number of anilines is 1. The van der Waals surface area contributed by atoms with Gasteiger partial charge in [0, 0.05) is 0 Å². The number of aliphatic hydroxyl groups is 2. The molecular formula is C27H37FN5O8P. The fourth-order valence-electron chi connectivity index (χ4n) is 4.58. The lowest BCUT2D eigenvalue weighted by atomic mass is 9.96. The van der Waals surface area contributed by atoms with Crippen LogP contribution < -0.4 is 15.3 Å². The molecule has 1 fully saturated rings. The molecule has 1 aromatic carbocycles. The van der Waals surface area contributed by atoms with Crippen molar-refractivity contribution in [2.24, 2.45) is 0 Å². The summed E-state index contributed by atoms with van der Waals surface area (Å²) < 4.78 is 52.3. The van der Waals surface area contributed by atoms with E-state index in [4.69, 9.17) is 24.3 Å². The molecule has 3 heterocycles. The third-order valence-corrected chi connectivity index (χ3v) is 8.58. The molecule has 13 nitrogen and oxygen atoms in total. The second-order valence-electron chi connectivity index (χ2n) is 10.1. The van der Waals surface area contributed by atoms with Crippen molar-refractivity contribution < 1.29 is 42.5 Å². The molecule has 1 unspecified atom stereocenters. The summed E-state index contributed by atoms with van der Waals surface area (Å²) in [4.78, 5) is 16.5. The number of rotatable bonds is 15. The van der Waals surface area contributed by atoms with Gasteiger partial charge in [-0.05, 0) is 37.6 Å². The van der Waals surface area contributed by atoms with Crippen LogP contribution in [0.25, 0.3) is 5.52 Å². The number of hydrogen-bond acceptors (Lipinski definition) is 11. The number of nitrogens with two attached hydrogens (primary N) is 1. The van der Waals surface area contributed by atoms with Crippen LogP contribution in [0.15, 0.2) is 48.8 Å². The van der Waals surface area contributed by atoms with E-state index in [1.807, 2.05) is 0 Å². The fraction of sp³-hybridized carbons (Fsp3) is 0.519. The third kappa shape index (κ3) is 7.08. The van der Waals surface area contributed by atoms with E-state index >= 15 is 0 Å². The summed E-state index contributed by atoms with van der Waals surface area (Å²) in [6.07, 6.45) is 0.191. The number of aromatic nitrogens is 3. The summed E-state index contributed by atoms with van der Waals surface area (Å²) in [6.45, 7) is 1.57. The zero-order valence-electron chi connectivity index (χ0n) is 23.5. The van der Waals surface area contributed by atoms with Gasteiger partial charge in [0.1, 0.15) is 54.2 Å². The number of ether oxygens (including phenoxy) is 2. The summed E-state index contributed by atoms with van der Waals surface area (Å²) in [6, 6.07) is 10.1. The molecule has 230 valence electrons. The molecule has 15 heteroatoms. The molecule has 0 amide bonds. The number of carbonyl (C=O) groups is 1. The number of aliphatic hydroxyl groups excluding tert-OH is 2. The summed E-state index contributed by atoms with van der Waals surface area (Å²) in [5.41, 5.74) is 4.44. The second-order valence-corrected chi connectivity index (χ2v) is 11.8. The van der Waals surface area contributed by atoms with Gasteiger partial charge in [-0.25, -0.2) is 18.5 Å². The second kappa shape index (κ2) is 13.9. The van der Waals surface area contributed by atoms with Crippen molar-refractivity contribution in [3.63, 3.8) is 0 Å². The van der Waals surface area contributed by atoms with Gasteiger partial charge < -0.3 is 29.9 Å². The Kier molecular flexibility index (Phi) is 10.5. The van der Waals surface area contributed by atoms with Gasteiger partial charge in [-0.2, -0.15) is 10.2 Å². The number of carbonyl (C=O) groups excluding carboxylic acids is 1. The Morgan fingerprint density at radius 2 is 2.00 bits per heavy atom. The van der Waals surface area contributed by atoms with E-state index in [1.165, 1.54) is 29.9 Å². The number of unbranched alkanes of at least 4 members (excludes halogenated alkanes) is 3. The van der Waals surface area contributed by atoms with E-state index in [0.29, 0.717) is 11.9 Å². The molecule has 0 radical (unpaired) electrons. The minimum absolute atomic E-state index is 0.144. The number of hydrogen-bond donors (Lipinski definition) is 4. The number of benzene rings is 1. The van der Waals surface area contributed by atoms with E-state index in [-0.39, 0.29) is 23.9 Å². The maximum atomic E-state index is 14.6. The number of nitrogens with one attached hydrogen (secondary N) is 1. The normalized spacial score (nSPS) is 24.4. The van der Waals surface area contributed by atoms with Crippen LogP contribution in [-0.4, -0.2) is 74.5 Å². The molecule has 5 N–H and O–H groups in total. The van der Waals surface area contributed by atoms with E-state index in [9.17, 15) is 24.0 Å². The highest BCUT2D eigenvalue weighted by molar-refractivity contribution is 7.52. The smallest absolute Gasteiger partial charge is 0.459 e. The lowest BCUT2D eigenvalue weighted by Gasteiger charge is -2.31. The van der Waals surface area contributed by atoms with Crippen LogP contribution >= 0.6 is 7.75 Å². The maximum absolute atomic E-state index is 14.6. The van der Waals surface area contributed by atoms with Crippen LogP contribution in [0.1, 0.15) is 51.3 Å². The Morgan fingerprint density at radius 1 is 1.24 bits per heavy atom. The average Bonchev–Trinajstić information content (AvgIpc) is 3.52. The number of alkyl halides is 1. The molecule has 1 aliphatic rings. The van der Waals surface area contributed by atoms with Crippen LogP contribution in [-0.2, 0) is 23.4 Å². The Hall–Kier alpha value is -3.13. The van der Waals surface area contributed by atoms with Crippen molar-refractivity contribution in [3.8, 4) is 5.75 Å². The molecule has 0 bridgehead atoms. The van der Waals surface area contributed by atoms with Crippen LogP contribution in [0, 0.1) is 0 Å². The topological polar surface area (TPSA) is 180 Å². The van der Waals surface area contributed by atoms with E-state index in [1.54, 1.807) is 30.3 Å². The lowest BCUT2D eigenvalue weighted by Crippen LogP contribution is -2.49. The first-order chi connectivity index (χ1) is 20.1. The minimum atomic E-state index is -4.41. The predicted molar refractivity (Wildman–Crippen MR) is 150 cm³/mol. The maximum Gasteiger partial charge on any atom is 0.459 e. The summed E-state index contributed by atoms with van der Waals surface area (Å²) in [7, 11) is -4.41. The Bertz CT molecular complexity index is 1380. The fourth-order valence-corrected chi connectivity index (χ4v) is 6.13. The monoisotopic (exact) mass is 609 g/mol. The van der Waals surface area contributed by atoms with Crippen molar-refractivity contribution in [3.05, 3.63) is 54.5 Å². The molecule has 1 saturated heterocycles. The van der Waals surface area contributed by atoms with Crippen molar-refractivity contribution in [2.75, 3.05) is 25.6 Å². The number of esters is 1. The molecule has 0 spiro atoms. The molecular weight excluding hydrogens is 572 g/mol.